The van der Waals surface area contributed by atoms with Crippen LogP contribution in [0.3, 0.4) is 0 Å². The van der Waals surface area contributed by atoms with Crippen molar-refractivity contribution in [2.75, 3.05) is 13.2 Å². The molecule has 0 spiro atoms. The van der Waals surface area contributed by atoms with E-state index in [9.17, 15) is 35.4 Å². The van der Waals surface area contributed by atoms with Gasteiger partial charge in [0.1, 0.15) is 36.6 Å². The van der Waals surface area contributed by atoms with Crippen molar-refractivity contribution in [2.24, 2.45) is 56.0 Å². The summed E-state index contributed by atoms with van der Waals surface area (Å²) in [6.45, 7) is 15.4. The van der Waals surface area contributed by atoms with Gasteiger partial charge in [0.05, 0.1) is 30.8 Å². The van der Waals surface area contributed by atoms with Gasteiger partial charge in [0.15, 0.2) is 12.6 Å². The summed E-state index contributed by atoms with van der Waals surface area (Å²) in [6.07, 6.45) is -1.03. The van der Waals surface area contributed by atoms with E-state index >= 15 is 0 Å². The number of primary amides is 1. The van der Waals surface area contributed by atoms with Crippen LogP contribution in [-0.2, 0) is 23.7 Å². The fourth-order valence-corrected chi connectivity index (χ4v) is 13.4. The van der Waals surface area contributed by atoms with E-state index in [0.29, 0.717) is 12.3 Å². The van der Waals surface area contributed by atoms with Gasteiger partial charge in [-0.05, 0) is 111 Å². The highest BCUT2D eigenvalue weighted by Gasteiger charge is 2.70. The van der Waals surface area contributed by atoms with E-state index in [1.165, 1.54) is 12.5 Å². The van der Waals surface area contributed by atoms with Crippen molar-refractivity contribution in [3.05, 3.63) is 11.6 Å². The maximum absolute atomic E-state index is 13.3. The Hall–Kier alpha value is -1.19. The van der Waals surface area contributed by atoms with E-state index in [1.807, 2.05) is 0 Å². The number of aliphatic hydroxyl groups is 6. The minimum Gasteiger partial charge on any atom is -0.396 e. The zero-order chi connectivity index (χ0) is 38.7. The lowest BCUT2D eigenvalue weighted by Crippen LogP contribution is -2.67. The van der Waals surface area contributed by atoms with E-state index in [1.54, 1.807) is 0 Å². The van der Waals surface area contributed by atoms with Gasteiger partial charge in [0.2, 0.25) is 5.91 Å². The fraction of sp³-hybridized carbons (Fsp3) is 0.927. The second-order valence-corrected chi connectivity index (χ2v) is 20.1. The molecule has 0 unspecified atom stereocenters. The molecule has 4 saturated carbocycles. The molecule has 5 aliphatic carbocycles. The zero-order valence-corrected chi connectivity index (χ0v) is 32.9. The van der Waals surface area contributed by atoms with Gasteiger partial charge in [0, 0.05) is 5.41 Å². The molecule has 6 fully saturated rings. The first-order valence-electron chi connectivity index (χ1n) is 20.3. The van der Waals surface area contributed by atoms with Crippen LogP contribution < -0.4 is 5.73 Å². The first-order chi connectivity index (χ1) is 24.7. The zero-order valence-electron chi connectivity index (χ0n) is 32.9. The summed E-state index contributed by atoms with van der Waals surface area (Å²) in [5, 5.41) is 64.2. The van der Waals surface area contributed by atoms with E-state index in [2.05, 4.69) is 47.6 Å². The molecule has 0 aromatic rings. The highest BCUT2D eigenvalue weighted by molar-refractivity contribution is 5.82. The normalized spacial score (nSPS) is 55.1. The Labute approximate surface area is 314 Å². The largest absolute Gasteiger partial charge is 0.396 e. The molecule has 2 heterocycles. The molecule has 53 heavy (non-hydrogen) atoms. The number of amides is 1. The molecule has 18 atom stereocenters. The summed E-state index contributed by atoms with van der Waals surface area (Å²) in [5.74, 6) is 0.483. The quantitative estimate of drug-likeness (QED) is 0.156. The Morgan fingerprint density at radius 1 is 0.849 bits per heavy atom. The molecule has 2 saturated heterocycles. The monoisotopic (exact) mass is 749 g/mol. The molecule has 0 aromatic heterocycles. The summed E-state index contributed by atoms with van der Waals surface area (Å²) in [6, 6.07) is 0. The molecular weight excluding hydrogens is 682 g/mol. The molecule has 0 bridgehead atoms. The van der Waals surface area contributed by atoms with E-state index in [-0.39, 0.29) is 52.6 Å². The number of carbonyl (C=O) groups excluding carboxylic acids is 1. The summed E-state index contributed by atoms with van der Waals surface area (Å²) in [4.78, 5) is 13.3. The van der Waals surface area contributed by atoms with Crippen molar-refractivity contribution in [1.29, 1.82) is 0 Å². The number of allylic oxidation sites excluding steroid dienone is 2. The van der Waals surface area contributed by atoms with Crippen LogP contribution >= 0.6 is 0 Å². The van der Waals surface area contributed by atoms with Crippen LogP contribution in [0.4, 0.5) is 0 Å². The average molecular weight is 750 g/mol. The molecular formula is C41H67NO11. The SMILES string of the molecule is C[C@@H]1O[C@@H](O[C@H]2[C@H](O[C@H]3CC[C@@]4(C)[C@@H](CC[C@]5(C)[C@@H]4CC=C4[C@@H]6CC(C)(C)CC[C@]6(C(N)=O)CC[C@]45C)[C@]3(C)CO)OC[C@H](O)[C@@H]2O)[C@H](O)[C@H](O)[C@H]1O. The number of ether oxygens (including phenoxy) is 4. The van der Waals surface area contributed by atoms with Crippen molar-refractivity contribution in [1.82, 2.24) is 0 Å². The number of hydrogen-bond donors (Lipinski definition) is 7. The first kappa shape index (κ1) is 40.0. The number of fused-ring (bicyclic) bond motifs is 7. The second kappa shape index (κ2) is 13.5. The van der Waals surface area contributed by atoms with Crippen LogP contribution in [0.15, 0.2) is 11.6 Å². The predicted molar refractivity (Wildman–Crippen MR) is 194 cm³/mol. The number of carbonyl (C=O) groups is 1. The summed E-state index contributed by atoms with van der Waals surface area (Å²) >= 11 is 0. The van der Waals surface area contributed by atoms with Gasteiger partial charge in [-0.3, -0.25) is 4.79 Å². The Balaban J connectivity index is 1.15. The van der Waals surface area contributed by atoms with Crippen LogP contribution in [0.2, 0.25) is 0 Å². The lowest BCUT2D eigenvalue weighted by atomic mass is 9.33. The van der Waals surface area contributed by atoms with Crippen LogP contribution in [0.5, 0.6) is 0 Å². The molecule has 0 radical (unpaired) electrons. The summed E-state index contributed by atoms with van der Waals surface area (Å²) in [7, 11) is 0. The fourth-order valence-electron chi connectivity index (χ4n) is 13.4. The maximum atomic E-state index is 13.3. The highest BCUT2D eigenvalue weighted by atomic mass is 16.8. The molecule has 8 N–H and O–H groups in total. The molecule has 7 rings (SSSR count). The van der Waals surface area contributed by atoms with Crippen molar-refractivity contribution >= 4 is 5.91 Å². The molecule has 1 amide bonds. The standard InChI is InChI=1S/C41H67NO11/c1-21-28(45)30(47)31(48)33(51-21)53-32-29(46)24(44)19-50-34(32)52-27-11-12-37(4)25(38(27,5)20-43)10-13-40(7)26(37)9-8-22-23-18-36(2,3)14-16-41(23,35(42)49)17-15-39(22,40)6/h8,21,23-34,43-48H,9-20H2,1-7H3,(H2,42,49)/t21-,23-,24-,25+,26+,27-,28-,29-,30+,31+,32+,33-,34-,37-,38-,39+,40+,41-/m0/s1. The Morgan fingerprint density at radius 3 is 2.23 bits per heavy atom. The minimum absolute atomic E-state index is 0.0143. The number of aliphatic hydroxyl groups excluding tert-OH is 6. The van der Waals surface area contributed by atoms with E-state index in [0.717, 1.165) is 57.8 Å². The minimum atomic E-state index is -1.62. The van der Waals surface area contributed by atoms with Gasteiger partial charge >= 0.3 is 0 Å². The smallest absolute Gasteiger partial charge is 0.224 e. The number of rotatable bonds is 6. The Morgan fingerprint density at radius 2 is 1.55 bits per heavy atom. The summed E-state index contributed by atoms with van der Waals surface area (Å²) < 4.78 is 24.3. The van der Waals surface area contributed by atoms with Crippen LogP contribution in [0.25, 0.3) is 0 Å². The lowest BCUT2D eigenvalue weighted by molar-refractivity contribution is -0.365. The molecule has 302 valence electrons. The van der Waals surface area contributed by atoms with Gasteiger partial charge in [0.25, 0.3) is 0 Å². The van der Waals surface area contributed by atoms with Crippen molar-refractivity contribution < 1.29 is 54.4 Å². The number of nitrogens with two attached hydrogens (primary N) is 1. The van der Waals surface area contributed by atoms with E-state index in [4.69, 9.17) is 24.7 Å². The van der Waals surface area contributed by atoms with Crippen molar-refractivity contribution in [3.63, 3.8) is 0 Å². The highest BCUT2D eigenvalue weighted by Crippen LogP contribution is 2.76. The third-order valence-electron chi connectivity index (χ3n) is 17.0. The second-order valence-electron chi connectivity index (χ2n) is 20.1. The third kappa shape index (κ3) is 5.85. The summed E-state index contributed by atoms with van der Waals surface area (Å²) in [5.41, 5.74) is 6.53. The van der Waals surface area contributed by atoms with Crippen LogP contribution in [0.1, 0.15) is 113 Å². The predicted octanol–water partition coefficient (Wildman–Crippen LogP) is 2.92. The molecule has 7 aliphatic rings. The lowest BCUT2D eigenvalue weighted by Gasteiger charge is -2.71. The molecule has 2 aliphatic heterocycles. The van der Waals surface area contributed by atoms with Crippen molar-refractivity contribution in [2.45, 2.75) is 174 Å². The topological polar surface area (TPSA) is 201 Å². The van der Waals surface area contributed by atoms with Gasteiger partial charge in [-0.25, -0.2) is 0 Å². The molecule has 12 nitrogen and oxygen atoms in total. The van der Waals surface area contributed by atoms with Crippen molar-refractivity contribution in [3.8, 4) is 0 Å². The molecule has 12 heteroatoms. The van der Waals surface area contributed by atoms with Gasteiger partial charge in [-0.2, -0.15) is 0 Å². The molecule has 0 aromatic carbocycles. The van der Waals surface area contributed by atoms with Crippen LogP contribution in [0, 0.1) is 50.2 Å². The Kier molecular flexibility index (Phi) is 10.2. The van der Waals surface area contributed by atoms with E-state index < -0.39 is 72.2 Å². The van der Waals surface area contributed by atoms with Gasteiger partial charge < -0.3 is 55.3 Å². The third-order valence-corrected chi connectivity index (χ3v) is 17.0. The van der Waals surface area contributed by atoms with Gasteiger partial charge in [-0.1, -0.05) is 53.2 Å². The van der Waals surface area contributed by atoms with Crippen LogP contribution in [-0.4, -0.2) is 111 Å². The average Bonchev–Trinajstić information content (AvgIpc) is 3.10. The first-order valence-corrected chi connectivity index (χ1v) is 20.3. The number of hydrogen-bond acceptors (Lipinski definition) is 11. The van der Waals surface area contributed by atoms with Gasteiger partial charge in [-0.15, -0.1) is 0 Å². The Bertz CT molecular complexity index is 1440. The maximum Gasteiger partial charge on any atom is 0.224 e.